The summed E-state index contributed by atoms with van der Waals surface area (Å²) in [5.41, 5.74) is 3.01. The van der Waals surface area contributed by atoms with E-state index in [9.17, 15) is 40.9 Å². The van der Waals surface area contributed by atoms with Gasteiger partial charge in [-0.25, -0.2) is 0 Å². The number of benzene rings is 1. The second kappa shape index (κ2) is 9.77. The van der Waals surface area contributed by atoms with E-state index < -0.39 is 74.3 Å². The molecule has 10 atom stereocenters. The molecule has 2 aliphatic heterocycles. The maximum Gasteiger partial charge on any atom is 0.147 e. The molecule has 0 aromatic heterocycles. The topological polar surface area (TPSA) is 180 Å². The summed E-state index contributed by atoms with van der Waals surface area (Å²) in [6, 6.07) is 5.35. The van der Waals surface area contributed by atoms with Crippen LogP contribution in [-0.2, 0) is 15.9 Å². The van der Waals surface area contributed by atoms with Gasteiger partial charge in [-0.3, -0.25) is 0 Å². The summed E-state index contributed by atoms with van der Waals surface area (Å²) in [6.07, 6.45) is -10.4. The third kappa shape index (κ3) is 4.58. The third-order valence-corrected chi connectivity index (χ3v) is 6.39. The first-order valence-corrected chi connectivity index (χ1v) is 10.7. The number of rotatable bonds is 3. The van der Waals surface area contributed by atoms with Crippen molar-refractivity contribution in [1.82, 2.24) is 0 Å². The van der Waals surface area contributed by atoms with Gasteiger partial charge in [0.15, 0.2) is 0 Å². The van der Waals surface area contributed by atoms with Gasteiger partial charge in [0, 0.05) is 5.56 Å². The Hall–Kier alpha value is -1.88. The molecule has 1 aromatic rings. The molecule has 0 radical (unpaired) electrons. The van der Waals surface area contributed by atoms with Crippen LogP contribution < -0.4 is 0 Å². The Labute approximate surface area is 190 Å². The van der Waals surface area contributed by atoms with Crippen molar-refractivity contribution in [3.8, 4) is 11.8 Å². The highest BCUT2D eigenvalue weighted by atomic mass is 16.5. The zero-order chi connectivity index (χ0) is 23.9. The first kappa shape index (κ1) is 24.3. The summed E-state index contributed by atoms with van der Waals surface area (Å²) in [7, 11) is 0. The normalized spacial score (nSPS) is 40.5. The first-order chi connectivity index (χ1) is 15.7. The van der Waals surface area contributed by atoms with Gasteiger partial charge in [0.05, 0.1) is 13.2 Å². The van der Waals surface area contributed by atoms with E-state index in [0.29, 0.717) is 17.6 Å². The lowest BCUT2D eigenvalue weighted by Gasteiger charge is -2.40. The van der Waals surface area contributed by atoms with Crippen LogP contribution in [0.1, 0.15) is 16.7 Å². The summed E-state index contributed by atoms with van der Waals surface area (Å²) in [6.45, 7) is -1.03. The minimum atomic E-state index is -1.50. The van der Waals surface area contributed by atoms with Crippen LogP contribution in [0.5, 0.6) is 0 Å². The Morgan fingerprint density at radius 1 is 0.788 bits per heavy atom. The van der Waals surface area contributed by atoms with Gasteiger partial charge in [0.1, 0.15) is 61.0 Å². The zero-order valence-corrected chi connectivity index (χ0v) is 17.6. The summed E-state index contributed by atoms with van der Waals surface area (Å²) >= 11 is 0. The predicted octanol–water partition coefficient (Wildman–Crippen LogP) is -3.34. The van der Waals surface area contributed by atoms with Crippen molar-refractivity contribution in [2.24, 2.45) is 0 Å². The van der Waals surface area contributed by atoms with Crippen LogP contribution >= 0.6 is 0 Å². The quantitative estimate of drug-likeness (QED) is 0.211. The molecule has 2 heterocycles. The Morgan fingerprint density at radius 2 is 1.42 bits per heavy atom. The van der Waals surface area contributed by atoms with Gasteiger partial charge in [-0.15, -0.1) is 0 Å². The van der Waals surface area contributed by atoms with Crippen molar-refractivity contribution in [2.45, 2.75) is 67.5 Å². The van der Waals surface area contributed by atoms with Crippen LogP contribution in [0.15, 0.2) is 23.8 Å². The van der Waals surface area contributed by atoms with E-state index in [-0.39, 0.29) is 0 Å². The maximum atomic E-state index is 10.4. The van der Waals surface area contributed by atoms with Crippen molar-refractivity contribution in [2.75, 3.05) is 13.2 Å². The number of aliphatic hydroxyl groups is 8. The molecule has 0 saturated carbocycles. The molecule has 1 aromatic carbocycles. The molecular weight excluding hydrogens is 436 g/mol. The number of hydrogen-bond acceptors (Lipinski definition) is 10. The van der Waals surface area contributed by atoms with E-state index in [1.54, 1.807) is 12.1 Å². The average Bonchev–Trinajstić information content (AvgIpc) is 3.24. The highest BCUT2D eigenvalue weighted by Gasteiger charge is 2.45. The van der Waals surface area contributed by atoms with Crippen molar-refractivity contribution >= 4 is 6.08 Å². The molecule has 3 aliphatic rings. The van der Waals surface area contributed by atoms with E-state index in [0.717, 1.165) is 11.1 Å². The fourth-order valence-corrected chi connectivity index (χ4v) is 4.41. The van der Waals surface area contributed by atoms with E-state index >= 15 is 0 Å². The Morgan fingerprint density at radius 3 is 2.09 bits per heavy atom. The maximum absolute atomic E-state index is 10.4. The standard InChI is InChI=1S/C23H28O10/c24-8-15-18(27)20(29)17(26)14(32-15)4-2-10-1-3-11-6-13(7-12(11)5-10)23-22(31)21(30)19(28)16(9-25)33-23/h1,3,5-6,14-31H,7-9H2/t14-,15-,16-,17-,18-,19-,20-,21+,22+,23-/m1/s1. The van der Waals surface area contributed by atoms with Crippen molar-refractivity contribution in [3.63, 3.8) is 0 Å². The van der Waals surface area contributed by atoms with Crippen LogP contribution in [0.4, 0.5) is 0 Å². The second-order valence-electron chi connectivity index (χ2n) is 8.58. The minimum absolute atomic E-state index is 0.396. The van der Waals surface area contributed by atoms with Crippen molar-refractivity contribution in [3.05, 3.63) is 40.5 Å². The van der Waals surface area contributed by atoms with Crippen LogP contribution in [0.3, 0.4) is 0 Å². The molecule has 33 heavy (non-hydrogen) atoms. The lowest BCUT2D eigenvalue weighted by atomic mass is 9.90. The van der Waals surface area contributed by atoms with Gasteiger partial charge in [-0.1, -0.05) is 24.0 Å². The van der Waals surface area contributed by atoms with Gasteiger partial charge in [-0.05, 0) is 35.3 Å². The van der Waals surface area contributed by atoms with E-state index in [4.69, 9.17) is 9.47 Å². The molecule has 8 N–H and O–H groups in total. The van der Waals surface area contributed by atoms with Gasteiger partial charge < -0.3 is 50.3 Å². The van der Waals surface area contributed by atoms with Gasteiger partial charge >= 0.3 is 0 Å². The molecule has 10 heteroatoms. The minimum Gasteiger partial charge on any atom is -0.394 e. The molecular formula is C23H28O10. The van der Waals surface area contributed by atoms with Crippen LogP contribution in [-0.4, -0.2) is 115 Å². The second-order valence-corrected chi connectivity index (χ2v) is 8.58. The lowest BCUT2D eigenvalue weighted by molar-refractivity contribution is -0.219. The van der Waals surface area contributed by atoms with Gasteiger partial charge in [0.2, 0.25) is 0 Å². The summed E-state index contributed by atoms with van der Waals surface area (Å²) in [5.74, 6) is 5.59. The fourth-order valence-electron chi connectivity index (χ4n) is 4.41. The third-order valence-electron chi connectivity index (χ3n) is 6.39. The summed E-state index contributed by atoms with van der Waals surface area (Å²) in [4.78, 5) is 0. The van der Waals surface area contributed by atoms with Gasteiger partial charge in [-0.2, -0.15) is 0 Å². The van der Waals surface area contributed by atoms with Gasteiger partial charge in [0.25, 0.3) is 0 Å². The first-order valence-electron chi connectivity index (χ1n) is 10.7. The van der Waals surface area contributed by atoms with Crippen molar-refractivity contribution < 1.29 is 50.3 Å². The molecule has 0 spiro atoms. The molecule has 0 bridgehead atoms. The highest BCUT2D eigenvalue weighted by Crippen LogP contribution is 2.34. The average molecular weight is 464 g/mol. The predicted molar refractivity (Wildman–Crippen MR) is 113 cm³/mol. The molecule has 0 amide bonds. The van der Waals surface area contributed by atoms with Crippen LogP contribution in [0, 0.1) is 11.8 Å². The Bertz CT molecular complexity index is 948. The monoisotopic (exact) mass is 464 g/mol. The molecule has 0 unspecified atom stereocenters. The lowest BCUT2D eigenvalue weighted by Crippen LogP contribution is -2.58. The Kier molecular flexibility index (Phi) is 7.18. The Balaban J connectivity index is 1.48. The largest absolute Gasteiger partial charge is 0.394 e. The smallest absolute Gasteiger partial charge is 0.147 e. The van der Waals surface area contributed by atoms with Crippen LogP contribution in [0.2, 0.25) is 0 Å². The molecule has 10 nitrogen and oxygen atoms in total. The molecule has 2 saturated heterocycles. The number of fused-ring (bicyclic) bond motifs is 1. The zero-order valence-electron chi connectivity index (χ0n) is 17.6. The fraction of sp³-hybridized carbons (Fsp3) is 0.565. The number of aliphatic hydroxyl groups excluding tert-OH is 8. The SMILES string of the molecule is OC[C@H]1O[C@H](C2=Cc3ccc(C#C[C@H]4O[C@H](CO)[C@@H](O)[C@H](O)[C@@H]4O)cc3C2)[C@@H](O)[C@@H](O)[C@@H]1O. The molecule has 1 aliphatic carbocycles. The summed E-state index contributed by atoms with van der Waals surface area (Å²) in [5, 5.41) is 79.0. The molecule has 180 valence electrons. The van der Waals surface area contributed by atoms with E-state index in [1.807, 2.05) is 12.1 Å². The van der Waals surface area contributed by atoms with Crippen LogP contribution in [0.25, 0.3) is 6.08 Å². The van der Waals surface area contributed by atoms with E-state index in [2.05, 4.69) is 11.8 Å². The van der Waals surface area contributed by atoms with E-state index in [1.165, 1.54) is 0 Å². The number of ether oxygens (including phenoxy) is 2. The molecule has 2 fully saturated rings. The highest BCUT2D eigenvalue weighted by molar-refractivity contribution is 5.66. The summed E-state index contributed by atoms with van der Waals surface area (Å²) < 4.78 is 11.0. The number of hydrogen-bond donors (Lipinski definition) is 8. The molecule has 4 rings (SSSR count). The van der Waals surface area contributed by atoms with Crippen molar-refractivity contribution in [1.29, 1.82) is 0 Å².